The summed E-state index contributed by atoms with van der Waals surface area (Å²) in [6.07, 6.45) is 4.51. The molecule has 2 fully saturated rings. The highest BCUT2D eigenvalue weighted by atomic mass is 15.3. The van der Waals surface area contributed by atoms with Gasteiger partial charge in [-0.2, -0.15) is 0 Å². The molecule has 5 nitrogen and oxygen atoms in total. The summed E-state index contributed by atoms with van der Waals surface area (Å²) in [6, 6.07) is 8.21. The maximum Gasteiger partial charge on any atom is 0.0890 e. The van der Waals surface area contributed by atoms with Crippen LogP contribution >= 0.6 is 0 Å². The van der Waals surface area contributed by atoms with Crippen LogP contribution in [0.25, 0.3) is 11.0 Å². The molecule has 0 spiro atoms. The summed E-state index contributed by atoms with van der Waals surface area (Å²) >= 11 is 0. The molecule has 128 valence electrons. The summed E-state index contributed by atoms with van der Waals surface area (Å²) in [4.78, 5) is 14.3. The predicted octanol–water partition coefficient (Wildman–Crippen LogP) is 1.75. The third-order valence-electron chi connectivity index (χ3n) is 5.34. The molecule has 4 heterocycles. The van der Waals surface area contributed by atoms with E-state index in [0.717, 1.165) is 42.3 Å². The number of hydrogen-bond acceptors (Lipinski definition) is 5. The lowest BCUT2D eigenvalue weighted by Crippen LogP contribution is -2.48. The molecule has 2 aromatic rings. The molecule has 2 aromatic heterocycles. The number of piperidine rings is 1. The molecule has 0 atom stereocenters. The van der Waals surface area contributed by atoms with Gasteiger partial charge in [0.15, 0.2) is 0 Å². The van der Waals surface area contributed by atoms with Gasteiger partial charge in [-0.1, -0.05) is 0 Å². The van der Waals surface area contributed by atoms with Crippen LogP contribution in [0.5, 0.6) is 0 Å². The van der Waals surface area contributed by atoms with Gasteiger partial charge in [0.2, 0.25) is 0 Å². The molecule has 0 unspecified atom stereocenters. The highest BCUT2D eigenvalue weighted by molar-refractivity contribution is 5.73. The van der Waals surface area contributed by atoms with Gasteiger partial charge in [0.1, 0.15) is 0 Å². The Morgan fingerprint density at radius 1 is 0.958 bits per heavy atom. The Hall–Kier alpha value is -1.56. The minimum Gasteiger partial charge on any atom is -0.317 e. The van der Waals surface area contributed by atoms with Gasteiger partial charge in [-0.15, -0.1) is 0 Å². The third-order valence-corrected chi connectivity index (χ3v) is 5.34. The van der Waals surface area contributed by atoms with Gasteiger partial charge in [0, 0.05) is 45.5 Å². The molecule has 0 amide bonds. The summed E-state index contributed by atoms with van der Waals surface area (Å²) in [7, 11) is 0. The van der Waals surface area contributed by atoms with Crippen molar-refractivity contribution in [2.75, 3.05) is 45.8 Å². The first kappa shape index (κ1) is 15.9. The van der Waals surface area contributed by atoms with E-state index >= 15 is 0 Å². The van der Waals surface area contributed by atoms with Crippen LogP contribution < -0.4 is 5.32 Å². The Morgan fingerprint density at radius 3 is 2.58 bits per heavy atom. The topological polar surface area (TPSA) is 44.3 Å². The summed E-state index contributed by atoms with van der Waals surface area (Å²) in [6.45, 7) is 9.33. The Bertz CT molecular complexity index is 660. The van der Waals surface area contributed by atoms with E-state index in [1.165, 1.54) is 45.6 Å². The van der Waals surface area contributed by atoms with Crippen molar-refractivity contribution in [1.29, 1.82) is 0 Å². The van der Waals surface area contributed by atoms with Gasteiger partial charge in [-0.3, -0.25) is 9.88 Å². The molecule has 2 aliphatic rings. The van der Waals surface area contributed by atoms with Crippen molar-refractivity contribution in [3.8, 4) is 0 Å². The van der Waals surface area contributed by atoms with Gasteiger partial charge < -0.3 is 10.2 Å². The van der Waals surface area contributed by atoms with Crippen molar-refractivity contribution in [2.45, 2.75) is 19.4 Å². The molecule has 0 bridgehead atoms. The van der Waals surface area contributed by atoms with Crippen molar-refractivity contribution >= 4 is 11.0 Å². The summed E-state index contributed by atoms with van der Waals surface area (Å²) in [5.41, 5.74) is 3.13. The molecule has 0 aliphatic carbocycles. The van der Waals surface area contributed by atoms with Gasteiger partial charge in [0.25, 0.3) is 0 Å². The number of hydrogen-bond donors (Lipinski definition) is 1. The maximum atomic E-state index is 4.76. The molecule has 0 radical (unpaired) electrons. The number of fused-ring (bicyclic) bond motifs is 1. The fourth-order valence-corrected chi connectivity index (χ4v) is 3.88. The van der Waals surface area contributed by atoms with E-state index in [9.17, 15) is 0 Å². The minimum absolute atomic E-state index is 0.896. The van der Waals surface area contributed by atoms with E-state index in [1.54, 1.807) is 0 Å². The fourth-order valence-electron chi connectivity index (χ4n) is 3.88. The highest BCUT2D eigenvalue weighted by Gasteiger charge is 2.21. The fraction of sp³-hybridized carbons (Fsp3) is 0.579. The first-order valence-electron chi connectivity index (χ1n) is 9.23. The molecule has 1 N–H and O–H groups in total. The zero-order valence-corrected chi connectivity index (χ0v) is 14.3. The molecule has 24 heavy (non-hydrogen) atoms. The SMILES string of the molecule is c1cnc2ccc(CN3CCN(CC4CCNCC4)CC3)nc2c1. The predicted molar refractivity (Wildman–Crippen MR) is 96.8 cm³/mol. The Morgan fingerprint density at radius 2 is 1.75 bits per heavy atom. The molecular weight excluding hydrogens is 298 g/mol. The van der Waals surface area contributed by atoms with E-state index < -0.39 is 0 Å². The molecule has 2 aliphatic heterocycles. The largest absolute Gasteiger partial charge is 0.317 e. The number of pyridine rings is 2. The average Bonchev–Trinajstić information content (AvgIpc) is 2.64. The number of rotatable bonds is 4. The lowest BCUT2D eigenvalue weighted by atomic mass is 9.97. The quantitative estimate of drug-likeness (QED) is 0.928. The van der Waals surface area contributed by atoms with Crippen molar-refractivity contribution in [3.05, 3.63) is 36.2 Å². The Labute approximate surface area is 144 Å². The zero-order valence-electron chi connectivity index (χ0n) is 14.3. The van der Waals surface area contributed by atoms with Crippen molar-refractivity contribution < 1.29 is 0 Å². The van der Waals surface area contributed by atoms with Gasteiger partial charge in [0.05, 0.1) is 16.7 Å². The van der Waals surface area contributed by atoms with Crippen molar-refractivity contribution in [3.63, 3.8) is 0 Å². The average molecular weight is 325 g/mol. The van der Waals surface area contributed by atoms with Crippen LogP contribution in [0.4, 0.5) is 0 Å². The standard InChI is InChI=1S/C19H27N5/c1-2-19-18(21-7-1)4-3-17(22-19)15-24-12-10-23(11-13-24)14-16-5-8-20-9-6-16/h1-4,7,16,20H,5-6,8-15H2. The second-order valence-electron chi connectivity index (χ2n) is 7.11. The molecule has 0 aromatic carbocycles. The Balaban J connectivity index is 1.29. The summed E-state index contributed by atoms with van der Waals surface area (Å²) in [5.74, 6) is 0.896. The van der Waals surface area contributed by atoms with Crippen LogP contribution in [0, 0.1) is 5.92 Å². The minimum atomic E-state index is 0.896. The number of nitrogens with one attached hydrogen (secondary N) is 1. The van der Waals surface area contributed by atoms with Crippen molar-refractivity contribution in [2.24, 2.45) is 5.92 Å². The lowest BCUT2D eigenvalue weighted by Gasteiger charge is -2.37. The number of aromatic nitrogens is 2. The van der Waals surface area contributed by atoms with Gasteiger partial charge in [-0.25, -0.2) is 4.98 Å². The molecule has 4 rings (SSSR count). The third kappa shape index (κ3) is 3.91. The maximum absolute atomic E-state index is 4.76. The first-order chi connectivity index (χ1) is 11.9. The summed E-state index contributed by atoms with van der Waals surface area (Å²) < 4.78 is 0. The Kier molecular flexibility index (Phi) is 5.02. The molecular formula is C19H27N5. The molecule has 5 heteroatoms. The number of nitrogens with zero attached hydrogens (tertiary/aromatic N) is 4. The summed E-state index contributed by atoms with van der Waals surface area (Å²) in [5, 5.41) is 3.46. The van der Waals surface area contributed by atoms with Crippen LogP contribution in [0.1, 0.15) is 18.5 Å². The van der Waals surface area contributed by atoms with Crippen LogP contribution in [0.3, 0.4) is 0 Å². The van der Waals surface area contributed by atoms with Gasteiger partial charge in [-0.05, 0) is 56.1 Å². The molecule has 2 saturated heterocycles. The monoisotopic (exact) mass is 325 g/mol. The van der Waals surface area contributed by atoms with E-state index in [1.807, 2.05) is 18.3 Å². The first-order valence-corrected chi connectivity index (χ1v) is 9.23. The van der Waals surface area contributed by atoms with Crippen molar-refractivity contribution in [1.82, 2.24) is 25.1 Å². The second kappa shape index (κ2) is 7.55. The smallest absolute Gasteiger partial charge is 0.0890 e. The molecule has 0 saturated carbocycles. The van der Waals surface area contributed by atoms with Crippen LogP contribution in [-0.2, 0) is 6.54 Å². The normalized spacial score (nSPS) is 21.3. The lowest BCUT2D eigenvalue weighted by molar-refractivity contribution is 0.106. The van der Waals surface area contributed by atoms with E-state index in [-0.39, 0.29) is 0 Å². The van der Waals surface area contributed by atoms with E-state index in [2.05, 4.69) is 32.2 Å². The highest BCUT2D eigenvalue weighted by Crippen LogP contribution is 2.16. The number of piperazine rings is 1. The second-order valence-corrected chi connectivity index (χ2v) is 7.11. The zero-order chi connectivity index (χ0) is 16.2. The van der Waals surface area contributed by atoms with Crippen LogP contribution in [-0.4, -0.2) is 65.6 Å². The van der Waals surface area contributed by atoms with E-state index in [0.29, 0.717) is 0 Å². The van der Waals surface area contributed by atoms with Crippen LogP contribution in [0.15, 0.2) is 30.5 Å². The van der Waals surface area contributed by atoms with E-state index in [4.69, 9.17) is 4.98 Å². The van der Waals surface area contributed by atoms with Gasteiger partial charge >= 0.3 is 0 Å². The van der Waals surface area contributed by atoms with Crippen LogP contribution in [0.2, 0.25) is 0 Å².